The minimum atomic E-state index is -4.63. The van der Waals surface area contributed by atoms with Crippen LogP contribution in [0.4, 0.5) is 12.9 Å². The Balaban J connectivity index is 0.00000144. The molecule has 66 valence electrons. The fourth-order valence-corrected chi connectivity index (χ4v) is 0.975. The van der Waals surface area contributed by atoms with Gasteiger partial charge >= 0.3 is 58.4 Å². The fraction of sp³-hybridized carbons (Fsp3) is 0.250. The monoisotopic (exact) mass is 212 g/mol. The van der Waals surface area contributed by atoms with Gasteiger partial charge in [-0.3, -0.25) is 0 Å². The molecule has 0 saturated heterocycles. The topological polar surface area (TPSA) is 0 Å². The summed E-state index contributed by atoms with van der Waals surface area (Å²) in [6, 6.07) is 8.71. The molecule has 0 unspecified atom stereocenters. The third kappa shape index (κ3) is 6.74. The third-order valence-corrected chi connectivity index (χ3v) is 1.60. The zero-order chi connectivity index (χ0) is 9.03. The molecule has 1 aromatic carbocycles. The standard InChI is InChI=1S/C8H9BF3.K/c10-9(11,12)7-6-8-4-2-1-3-5-8;/h1-5H,6-7H2;/q-1;+1. The molecule has 0 bridgehead atoms. The van der Waals surface area contributed by atoms with E-state index in [0.717, 1.165) is 5.56 Å². The van der Waals surface area contributed by atoms with Crippen LogP contribution >= 0.6 is 0 Å². The van der Waals surface area contributed by atoms with E-state index < -0.39 is 13.3 Å². The first-order valence-corrected chi connectivity index (χ1v) is 3.83. The number of benzene rings is 1. The van der Waals surface area contributed by atoms with Gasteiger partial charge < -0.3 is 12.9 Å². The van der Waals surface area contributed by atoms with E-state index in [0.29, 0.717) is 0 Å². The average molecular weight is 212 g/mol. The summed E-state index contributed by atoms with van der Waals surface area (Å²) in [7, 11) is 0. The molecule has 0 atom stereocenters. The molecule has 0 aromatic heterocycles. The van der Waals surface area contributed by atoms with Crippen LogP contribution in [0, 0.1) is 0 Å². The maximum atomic E-state index is 11.8. The average Bonchev–Trinajstić information content (AvgIpc) is 2.02. The van der Waals surface area contributed by atoms with E-state index in [1.807, 2.05) is 0 Å². The van der Waals surface area contributed by atoms with Crippen molar-refractivity contribution in [2.75, 3.05) is 0 Å². The number of hydrogen-bond donors (Lipinski definition) is 0. The van der Waals surface area contributed by atoms with Crippen molar-refractivity contribution in [3.8, 4) is 0 Å². The molecule has 0 radical (unpaired) electrons. The number of rotatable bonds is 3. The second kappa shape index (κ2) is 6.24. The van der Waals surface area contributed by atoms with E-state index >= 15 is 0 Å². The number of hydrogen-bond acceptors (Lipinski definition) is 0. The summed E-state index contributed by atoms with van der Waals surface area (Å²) in [5.41, 5.74) is 0.747. The Labute approximate surface area is 118 Å². The molecule has 5 heteroatoms. The predicted octanol–water partition coefficient (Wildman–Crippen LogP) is 0.0805. The smallest absolute Gasteiger partial charge is 0.449 e. The van der Waals surface area contributed by atoms with Crippen LogP contribution in [0.5, 0.6) is 0 Å². The molecule has 0 amide bonds. The Morgan fingerprint density at radius 1 is 1.00 bits per heavy atom. The normalized spacial score (nSPS) is 10.7. The van der Waals surface area contributed by atoms with Gasteiger partial charge in [-0.25, -0.2) is 0 Å². The molecule has 0 N–H and O–H groups in total. The van der Waals surface area contributed by atoms with Crippen LogP contribution in [-0.2, 0) is 6.42 Å². The Morgan fingerprint density at radius 3 is 2.00 bits per heavy atom. The van der Waals surface area contributed by atoms with E-state index in [1.54, 1.807) is 30.3 Å². The summed E-state index contributed by atoms with van der Waals surface area (Å²) >= 11 is 0. The van der Waals surface area contributed by atoms with Crippen LogP contribution in [0.15, 0.2) is 30.3 Å². The van der Waals surface area contributed by atoms with Gasteiger partial charge in [-0.05, 0) is 0 Å². The van der Waals surface area contributed by atoms with Crippen LogP contribution in [0.3, 0.4) is 0 Å². The zero-order valence-electron chi connectivity index (χ0n) is 7.51. The van der Waals surface area contributed by atoms with Gasteiger partial charge in [-0.1, -0.05) is 48.6 Å². The number of aryl methyl sites for hydroxylation is 1. The van der Waals surface area contributed by atoms with Gasteiger partial charge in [0.05, 0.1) is 0 Å². The van der Waals surface area contributed by atoms with Crippen LogP contribution in [0.1, 0.15) is 5.56 Å². The Morgan fingerprint density at radius 2 is 1.54 bits per heavy atom. The molecule has 0 aliphatic rings. The molecule has 13 heavy (non-hydrogen) atoms. The molecule has 0 aliphatic heterocycles. The van der Waals surface area contributed by atoms with Crippen molar-refractivity contribution in [2.24, 2.45) is 0 Å². The molecule has 0 aliphatic carbocycles. The van der Waals surface area contributed by atoms with E-state index in [1.165, 1.54) is 0 Å². The Kier molecular flexibility index (Phi) is 6.58. The van der Waals surface area contributed by atoms with Crippen molar-refractivity contribution < 1.29 is 64.3 Å². The first kappa shape index (κ1) is 13.7. The summed E-state index contributed by atoms with van der Waals surface area (Å²) in [4.78, 5) is 0. The summed E-state index contributed by atoms with van der Waals surface area (Å²) < 4.78 is 35.4. The van der Waals surface area contributed by atoms with Gasteiger partial charge in [0.25, 0.3) is 0 Å². The van der Waals surface area contributed by atoms with E-state index in [2.05, 4.69) is 0 Å². The first-order chi connectivity index (χ1) is 5.58. The van der Waals surface area contributed by atoms with E-state index in [4.69, 9.17) is 0 Å². The van der Waals surface area contributed by atoms with Gasteiger partial charge in [0.2, 0.25) is 0 Å². The van der Waals surface area contributed by atoms with Gasteiger partial charge in [-0.2, -0.15) is 0 Å². The summed E-state index contributed by atoms with van der Waals surface area (Å²) in [6.45, 7) is -4.63. The largest absolute Gasteiger partial charge is 1.00 e. The minimum Gasteiger partial charge on any atom is -0.449 e. The van der Waals surface area contributed by atoms with Gasteiger partial charge in [0.15, 0.2) is 0 Å². The van der Waals surface area contributed by atoms with Gasteiger partial charge in [0, 0.05) is 0 Å². The van der Waals surface area contributed by atoms with Crippen LogP contribution < -0.4 is 51.4 Å². The first-order valence-electron chi connectivity index (χ1n) is 3.83. The third-order valence-electron chi connectivity index (χ3n) is 1.60. The second-order valence-corrected chi connectivity index (χ2v) is 2.73. The van der Waals surface area contributed by atoms with Crippen molar-refractivity contribution in [2.45, 2.75) is 12.7 Å². The van der Waals surface area contributed by atoms with Crippen molar-refractivity contribution in [1.82, 2.24) is 0 Å². The fourth-order valence-electron chi connectivity index (χ4n) is 0.975. The van der Waals surface area contributed by atoms with Crippen LogP contribution in [0.2, 0.25) is 6.32 Å². The molecule has 0 spiro atoms. The van der Waals surface area contributed by atoms with Gasteiger partial charge in [-0.15, -0.1) is 0 Å². The Bertz CT molecular complexity index is 235. The van der Waals surface area contributed by atoms with Crippen molar-refractivity contribution in [1.29, 1.82) is 0 Å². The van der Waals surface area contributed by atoms with E-state index in [-0.39, 0.29) is 57.8 Å². The molecule has 0 nitrogen and oxygen atoms in total. The molecule has 1 aromatic rings. The predicted molar refractivity (Wildman–Crippen MR) is 44.0 cm³/mol. The summed E-state index contributed by atoms with van der Waals surface area (Å²) in [6.07, 6.45) is -0.575. The molecular weight excluding hydrogens is 203 g/mol. The second-order valence-electron chi connectivity index (χ2n) is 2.73. The molecule has 0 fully saturated rings. The maximum Gasteiger partial charge on any atom is 1.00 e. The quantitative estimate of drug-likeness (QED) is 0.622. The van der Waals surface area contributed by atoms with E-state index in [9.17, 15) is 12.9 Å². The summed E-state index contributed by atoms with van der Waals surface area (Å²) in [5.74, 6) is 0. The molecule has 1 rings (SSSR count). The minimum absolute atomic E-state index is 0. The zero-order valence-corrected chi connectivity index (χ0v) is 10.6. The van der Waals surface area contributed by atoms with Crippen LogP contribution in [0.25, 0.3) is 0 Å². The SMILES string of the molecule is F[B-](F)(F)CCc1ccccc1.[K+]. The van der Waals surface area contributed by atoms with Crippen LogP contribution in [-0.4, -0.2) is 6.98 Å². The van der Waals surface area contributed by atoms with Gasteiger partial charge in [0.1, 0.15) is 0 Å². The molecule has 0 saturated carbocycles. The maximum absolute atomic E-state index is 11.8. The summed E-state index contributed by atoms with van der Waals surface area (Å²) in [5, 5.41) is 0. The molecular formula is C8H9BF3K. The van der Waals surface area contributed by atoms with Crippen molar-refractivity contribution in [3.63, 3.8) is 0 Å². The van der Waals surface area contributed by atoms with Crippen molar-refractivity contribution in [3.05, 3.63) is 35.9 Å². The van der Waals surface area contributed by atoms with Crippen molar-refractivity contribution >= 4 is 6.98 Å². The Hall–Kier alpha value is 0.711. The number of halogens is 3. The molecule has 0 heterocycles.